The lowest BCUT2D eigenvalue weighted by molar-refractivity contribution is -0.122. The molecule has 0 saturated carbocycles. The molecule has 2 atom stereocenters. The molecule has 1 aromatic rings. The molecule has 5 nitrogen and oxygen atoms in total. The SMILES string of the molecule is CCC(CCN)CCC(=O)NC(CC)c1ncc[nH]1. The highest BCUT2D eigenvalue weighted by Gasteiger charge is 2.15. The van der Waals surface area contributed by atoms with Crippen molar-refractivity contribution in [2.75, 3.05) is 6.54 Å². The standard InChI is InChI=1S/C14H26N4O/c1-3-11(7-8-15)5-6-13(19)18-12(4-2)14-16-9-10-17-14/h9-12H,3-8,15H2,1-2H3,(H,16,17)(H,18,19). The maximum atomic E-state index is 11.9. The molecule has 19 heavy (non-hydrogen) atoms. The van der Waals surface area contributed by atoms with E-state index in [1.807, 2.05) is 6.92 Å². The quantitative estimate of drug-likeness (QED) is 0.640. The van der Waals surface area contributed by atoms with Crippen molar-refractivity contribution >= 4 is 5.91 Å². The van der Waals surface area contributed by atoms with Crippen molar-refractivity contribution in [3.8, 4) is 0 Å². The van der Waals surface area contributed by atoms with Crippen molar-refractivity contribution in [1.82, 2.24) is 15.3 Å². The summed E-state index contributed by atoms with van der Waals surface area (Å²) in [6.07, 6.45) is 7.87. The maximum absolute atomic E-state index is 11.9. The molecule has 0 bridgehead atoms. The van der Waals surface area contributed by atoms with Gasteiger partial charge in [0.15, 0.2) is 0 Å². The summed E-state index contributed by atoms with van der Waals surface area (Å²) in [7, 11) is 0. The first-order chi connectivity index (χ1) is 9.21. The summed E-state index contributed by atoms with van der Waals surface area (Å²) < 4.78 is 0. The number of rotatable bonds is 9. The van der Waals surface area contributed by atoms with Crippen LogP contribution in [-0.4, -0.2) is 22.4 Å². The lowest BCUT2D eigenvalue weighted by Gasteiger charge is -2.17. The number of carbonyl (C=O) groups is 1. The molecular formula is C14H26N4O. The van der Waals surface area contributed by atoms with Crippen molar-refractivity contribution in [2.45, 2.75) is 52.0 Å². The molecule has 1 aromatic heterocycles. The molecule has 0 aliphatic heterocycles. The van der Waals surface area contributed by atoms with Crippen LogP contribution >= 0.6 is 0 Å². The maximum Gasteiger partial charge on any atom is 0.220 e. The predicted molar refractivity (Wildman–Crippen MR) is 76.4 cm³/mol. The molecule has 1 amide bonds. The lowest BCUT2D eigenvalue weighted by atomic mass is 9.96. The molecule has 1 heterocycles. The fourth-order valence-corrected chi connectivity index (χ4v) is 2.22. The number of imidazole rings is 1. The number of carbonyl (C=O) groups excluding carboxylic acids is 1. The van der Waals surface area contributed by atoms with Gasteiger partial charge in [0.25, 0.3) is 0 Å². The third kappa shape index (κ3) is 5.42. The molecule has 108 valence electrons. The van der Waals surface area contributed by atoms with E-state index in [2.05, 4.69) is 22.2 Å². The van der Waals surface area contributed by atoms with Crippen LogP contribution in [0, 0.1) is 5.92 Å². The minimum Gasteiger partial charge on any atom is -0.347 e. The van der Waals surface area contributed by atoms with Crippen molar-refractivity contribution in [3.05, 3.63) is 18.2 Å². The number of hydrogen-bond acceptors (Lipinski definition) is 3. The fourth-order valence-electron chi connectivity index (χ4n) is 2.22. The molecule has 1 rings (SSSR count). The van der Waals surface area contributed by atoms with Crippen LogP contribution in [0.25, 0.3) is 0 Å². The van der Waals surface area contributed by atoms with Gasteiger partial charge in [0.2, 0.25) is 5.91 Å². The third-order valence-electron chi connectivity index (χ3n) is 3.52. The van der Waals surface area contributed by atoms with Crippen LogP contribution in [0.1, 0.15) is 57.8 Å². The Kier molecular flexibility index (Phi) is 7.18. The van der Waals surface area contributed by atoms with Crippen LogP contribution in [0.15, 0.2) is 12.4 Å². The Labute approximate surface area is 115 Å². The number of amides is 1. The van der Waals surface area contributed by atoms with E-state index in [-0.39, 0.29) is 11.9 Å². The number of hydrogen-bond donors (Lipinski definition) is 3. The summed E-state index contributed by atoms with van der Waals surface area (Å²) in [4.78, 5) is 19.2. The average Bonchev–Trinajstić information content (AvgIpc) is 2.94. The highest BCUT2D eigenvalue weighted by molar-refractivity contribution is 5.76. The first-order valence-corrected chi connectivity index (χ1v) is 7.19. The molecule has 2 unspecified atom stereocenters. The fraction of sp³-hybridized carbons (Fsp3) is 0.714. The van der Waals surface area contributed by atoms with Gasteiger partial charge in [-0.1, -0.05) is 20.3 Å². The Bertz CT molecular complexity index is 350. The van der Waals surface area contributed by atoms with Gasteiger partial charge in [-0.3, -0.25) is 4.79 Å². The average molecular weight is 266 g/mol. The van der Waals surface area contributed by atoms with Crippen LogP contribution in [0.3, 0.4) is 0 Å². The van der Waals surface area contributed by atoms with Gasteiger partial charge >= 0.3 is 0 Å². The van der Waals surface area contributed by atoms with Gasteiger partial charge in [0, 0.05) is 18.8 Å². The number of aromatic nitrogens is 2. The molecule has 0 aliphatic rings. The zero-order valence-corrected chi connectivity index (χ0v) is 12.0. The summed E-state index contributed by atoms with van der Waals surface area (Å²) in [5.74, 6) is 1.48. The van der Waals surface area contributed by atoms with E-state index in [1.165, 1.54) is 0 Å². The Morgan fingerprint density at radius 1 is 1.42 bits per heavy atom. The van der Waals surface area contributed by atoms with Crippen molar-refractivity contribution in [3.63, 3.8) is 0 Å². The van der Waals surface area contributed by atoms with E-state index in [0.29, 0.717) is 18.9 Å². The summed E-state index contributed by atoms with van der Waals surface area (Å²) in [6.45, 7) is 4.89. The first kappa shape index (κ1) is 15.7. The predicted octanol–water partition coefficient (Wildman–Crippen LogP) is 2.13. The molecule has 5 heteroatoms. The first-order valence-electron chi connectivity index (χ1n) is 7.19. The van der Waals surface area contributed by atoms with Crippen LogP contribution in [-0.2, 0) is 4.79 Å². The molecule has 0 fully saturated rings. The number of nitrogens with two attached hydrogens (primary N) is 1. The number of nitrogens with zero attached hydrogens (tertiary/aromatic N) is 1. The summed E-state index contributed by atoms with van der Waals surface area (Å²) in [6, 6.07) is -0.0166. The molecule has 0 saturated heterocycles. The van der Waals surface area contributed by atoms with Gasteiger partial charge in [-0.15, -0.1) is 0 Å². The molecule has 0 aliphatic carbocycles. The van der Waals surface area contributed by atoms with Gasteiger partial charge in [0.05, 0.1) is 6.04 Å². The highest BCUT2D eigenvalue weighted by Crippen LogP contribution is 2.16. The van der Waals surface area contributed by atoms with Crippen LogP contribution in [0.5, 0.6) is 0 Å². The van der Waals surface area contributed by atoms with E-state index in [0.717, 1.165) is 31.5 Å². The van der Waals surface area contributed by atoms with Gasteiger partial charge in [-0.05, 0) is 31.7 Å². The van der Waals surface area contributed by atoms with Gasteiger partial charge < -0.3 is 16.0 Å². The Morgan fingerprint density at radius 3 is 2.74 bits per heavy atom. The monoisotopic (exact) mass is 266 g/mol. The summed E-state index contributed by atoms with van der Waals surface area (Å²) in [5, 5.41) is 3.03. The van der Waals surface area contributed by atoms with E-state index in [9.17, 15) is 4.79 Å². The number of nitrogens with one attached hydrogen (secondary N) is 2. The molecule has 0 aromatic carbocycles. The second kappa shape index (κ2) is 8.69. The van der Waals surface area contributed by atoms with Crippen molar-refractivity contribution in [1.29, 1.82) is 0 Å². The smallest absolute Gasteiger partial charge is 0.220 e. The Morgan fingerprint density at radius 2 is 2.21 bits per heavy atom. The van der Waals surface area contributed by atoms with Crippen LogP contribution < -0.4 is 11.1 Å². The second-order valence-corrected chi connectivity index (χ2v) is 4.89. The van der Waals surface area contributed by atoms with E-state index >= 15 is 0 Å². The topological polar surface area (TPSA) is 83.8 Å². The van der Waals surface area contributed by atoms with Crippen LogP contribution in [0.4, 0.5) is 0 Å². The molecule has 4 N–H and O–H groups in total. The zero-order valence-electron chi connectivity index (χ0n) is 12.0. The van der Waals surface area contributed by atoms with Gasteiger partial charge in [-0.2, -0.15) is 0 Å². The van der Waals surface area contributed by atoms with Crippen LogP contribution in [0.2, 0.25) is 0 Å². The largest absolute Gasteiger partial charge is 0.347 e. The van der Waals surface area contributed by atoms with E-state index in [4.69, 9.17) is 5.73 Å². The third-order valence-corrected chi connectivity index (χ3v) is 3.52. The van der Waals surface area contributed by atoms with Crippen molar-refractivity contribution in [2.24, 2.45) is 11.7 Å². The highest BCUT2D eigenvalue weighted by atomic mass is 16.1. The minimum atomic E-state index is -0.0166. The van der Waals surface area contributed by atoms with Gasteiger partial charge in [-0.25, -0.2) is 4.98 Å². The van der Waals surface area contributed by atoms with Gasteiger partial charge in [0.1, 0.15) is 5.82 Å². The second-order valence-electron chi connectivity index (χ2n) is 4.89. The molecule has 0 radical (unpaired) electrons. The Hall–Kier alpha value is -1.36. The van der Waals surface area contributed by atoms with E-state index in [1.54, 1.807) is 12.4 Å². The minimum absolute atomic E-state index is 0.0166. The molecular weight excluding hydrogens is 240 g/mol. The summed E-state index contributed by atoms with van der Waals surface area (Å²) >= 11 is 0. The summed E-state index contributed by atoms with van der Waals surface area (Å²) in [5.41, 5.74) is 5.56. The van der Waals surface area contributed by atoms with E-state index < -0.39 is 0 Å². The normalized spacial score (nSPS) is 14.1. The molecule has 0 spiro atoms. The zero-order chi connectivity index (χ0) is 14.1. The number of H-pyrrole nitrogens is 1. The van der Waals surface area contributed by atoms with Crippen molar-refractivity contribution < 1.29 is 4.79 Å². The Balaban J connectivity index is 2.37. The lowest BCUT2D eigenvalue weighted by Crippen LogP contribution is -2.29. The number of aromatic amines is 1.